The van der Waals surface area contributed by atoms with E-state index < -0.39 is 5.97 Å². The van der Waals surface area contributed by atoms with Gasteiger partial charge in [0, 0.05) is 24.0 Å². The van der Waals surface area contributed by atoms with Crippen LogP contribution in [0.2, 0.25) is 0 Å². The van der Waals surface area contributed by atoms with E-state index in [0.29, 0.717) is 18.8 Å². The SMILES string of the molecule is CCN(CC(=O)O)C1CCN(C(=O)CSc2ccc(C(C)(C)C)cc2)CC1. The molecule has 0 unspecified atom stereocenters. The van der Waals surface area contributed by atoms with Crippen molar-refractivity contribution >= 4 is 23.6 Å². The predicted molar refractivity (Wildman–Crippen MR) is 110 cm³/mol. The van der Waals surface area contributed by atoms with Crippen LogP contribution >= 0.6 is 11.8 Å². The Bertz CT molecular complexity index is 632. The van der Waals surface area contributed by atoms with Gasteiger partial charge in [-0.05, 0) is 42.5 Å². The van der Waals surface area contributed by atoms with Crippen LogP contribution < -0.4 is 0 Å². The molecule has 1 N–H and O–H groups in total. The van der Waals surface area contributed by atoms with E-state index in [-0.39, 0.29) is 23.9 Å². The van der Waals surface area contributed by atoms with Crippen molar-refractivity contribution < 1.29 is 14.7 Å². The number of hydrogen-bond acceptors (Lipinski definition) is 4. The molecule has 0 atom stereocenters. The zero-order chi connectivity index (χ0) is 20.0. The second-order valence-electron chi connectivity index (χ2n) is 8.13. The molecular formula is C21H32N2O3S. The maximum absolute atomic E-state index is 12.5. The molecule has 1 aromatic rings. The summed E-state index contributed by atoms with van der Waals surface area (Å²) in [7, 11) is 0. The van der Waals surface area contributed by atoms with Crippen LogP contribution in [0.15, 0.2) is 29.2 Å². The number of carboxylic acid groups (broad SMARTS) is 1. The molecule has 2 rings (SSSR count). The van der Waals surface area contributed by atoms with Gasteiger partial charge in [-0.1, -0.05) is 39.8 Å². The molecule has 5 nitrogen and oxygen atoms in total. The molecule has 1 fully saturated rings. The predicted octanol–water partition coefficient (Wildman–Crippen LogP) is 3.47. The molecule has 0 aliphatic carbocycles. The number of nitrogens with zero attached hydrogens (tertiary/aromatic N) is 2. The van der Waals surface area contributed by atoms with E-state index in [9.17, 15) is 9.59 Å². The number of carboxylic acids is 1. The molecule has 0 saturated carbocycles. The topological polar surface area (TPSA) is 60.9 Å². The number of thioether (sulfide) groups is 1. The molecule has 1 saturated heterocycles. The molecule has 0 radical (unpaired) electrons. The Kier molecular flexibility index (Phi) is 7.74. The number of carbonyl (C=O) groups excluding carboxylic acids is 1. The summed E-state index contributed by atoms with van der Waals surface area (Å²) in [6.45, 7) is 10.8. The monoisotopic (exact) mass is 392 g/mol. The fourth-order valence-corrected chi connectivity index (χ4v) is 4.24. The second kappa shape index (κ2) is 9.60. The van der Waals surface area contributed by atoms with Crippen molar-refractivity contribution in [2.45, 2.75) is 56.9 Å². The van der Waals surface area contributed by atoms with Crippen molar-refractivity contribution in [3.63, 3.8) is 0 Å². The lowest BCUT2D eigenvalue weighted by molar-refractivity contribution is -0.140. The van der Waals surface area contributed by atoms with Crippen LogP contribution in [0.5, 0.6) is 0 Å². The summed E-state index contributed by atoms with van der Waals surface area (Å²) in [6, 6.07) is 8.72. The second-order valence-corrected chi connectivity index (χ2v) is 9.18. The standard InChI is InChI=1S/C21H32N2O3S/c1-5-22(14-20(25)26)17-10-12-23(13-11-17)19(24)15-27-18-8-6-16(7-9-18)21(2,3)4/h6-9,17H,5,10-15H2,1-4H3,(H,25,26). The highest BCUT2D eigenvalue weighted by Crippen LogP contribution is 2.26. The normalized spacial score (nSPS) is 16.0. The zero-order valence-electron chi connectivity index (χ0n) is 16.9. The van der Waals surface area contributed by atoms with Gasteiger partial charge in [0.25, 0.3) is 0 Å². The molecular weight excluding hydrogens is 360 g/mol. The first-order chi connectivity index (χ1) is 12.7. The number of amides is 1. The van der Waals surface area contributed by atoms with Crippen molar-refractivity contribution in [2.24, 2.45) is 0 Å². The van der Waals surface area contributed by atoms with Crippen molar-refractivity contribution in [1.82, 2.24) is 9.80 Å². The molecule has 0 aromatic heterocycles. The van der Waals surface area contributed by atoms with Gasteiger partial charge in [-0.25, -0.2) is 0 Å². The Labute approximate surface area is 167 Å². The fraction of sp³-hybridized carbons (Fsp3) is 0.619. The zero-order valence-corrected chi connectivity index (χ0v) is 17.7. The van der Waals surface area contributed by atoms with Gasteiger partial charge >= 0.3 is 5.97 Å². The van der Waals surface area contributed by atoms with E-state index in [1.807, 2.05) is 16.7 Å². The summed E-state index contributed by atoms with van der Waals surface area (Å²) in [6.07, 6.45) is 1.69. The van der Waals surface area contributed by atoms with Crippen molar-refractivity contribution in [3.05, 3.63) is 29.8 Å². The van der Waals surface area contributed by atoms with E-state index in [0.717, 1.165) is 24.3 Å². The number of hydrogen-bond donors (Lipinski definition) is 1. The molecule has 1 aromatic carbocycles. The lowest BCUT2D eigenvalue weighted by atomic mass is 9.87. The van der Waals surface area contributed by atoms with Gasteiger partial charge in [0.15, 0.2) is 0 Å². The average molecular weight is 393 g/mol. The van der Waals surface area contributed by atoms with Crippen LogP contribution in [0, 0.1) is 0 Å². The third kappa shape index (κ3) is 6.54. The molecule has 1 aliphatic rings. The molecule has 1 amide bonds. The summed E-state index contributed by atoms with van der Waals surface area (Å²) in [5.41, 5.74) is 1.43. The number of likely N-dealkylation sites (tertiary alicyclic amines) is 1. The van der Waals surface area contributed by atoms with Crippen LogP contribution in [-0.4, -0.2) is 64.8 Å². The van der Waals surface area contributed by atoms with Gasteiger partial charge in [0.2, 0.25) is 5.91 Å². The third-order valence-corrected chi connectivity index (χ3v) is 6.16. The third-order valence-electron chi connectivity index (χ3n) is 5.16. The minimum atomic E-state index is -0.788. The van der Waals surface area contributed by atoms with Gasteiger partial charge in [0.05, 0.1) is 12.3 Å². The quantitative estimate of drug-likeness (QED) is 0.720. The largest absolute Gasteiger partial charge is 0.480 e. The Morgan fingerprint density at radius 2 is 1.78 bits per heavy atom. The highest BCUT2D eigenvalue weighted by atomic mass is 32.2. The van der Waals surface area contributed by atoms with Gasteiger partial charge in [-0.2, -0.15) is 0 Å². The summed E-state index contributed by atoms with van der Waals surface area (Å²) in [5.74, 6) is -0.171. The number of benzene rings is 1. The summed E-state index contributed by atoms with van der Waals surface area (Å²) in [5, 5.41) is 9.02. The van der Waals surface area contributed by atoms with Crippen molar-refractivity contribution in [3.8, 4) is 0 Å². The van der Waals surface area contributed by atoms with Crippen LogP contribution in [0.25, 0.3) is 0 Å². The van der Waals surface area contributed by atoms with Gasteiger partial charge in [0.1, 0.15) is 0 Å². The lowest BCUT2D eigenvalue weighted by Gasteiger charge is -2.37. The molecule has 150 valence electrons. The van der Waals surface area contributed by atoms with E-state index in [4.69, 9.17) is 5.11 Å². The molecule has 6 heteroatoms. The van der Waals surface area contributed by atoms with E-state index in [1.165, 1.54) is 5.56 Å². The smallest absolute Gasteiger partial charge is 0.317 e. The minimum Gasteiger partial charge on any atom is -0.480 e. The average Bonchev–Trinajstić information content (AvgIpc) is 2.64. The number of rotatable bonds is 7. The summed E-state index contributed by atoms with van der Waals surface area (Å²) < 4.78 is 0. The number of piperidine rings is 1. The maximum atomic E-state index is 12.5. The van der Waals surface area contributed by atoms with Gasteiger partial charge < -0.3 is 10.0 Å². The maximum Gasteiger partial charge on any atom is 0.317 e. The van der Waals surface area contributed by atoms with E-state index in [2.05, 4.69) is 45.0 Å². The summed E-state index contributed by atoms with van der Waals surface area (Å²) >= 11 is 1.58. The molecule has 27 heavy (non-hydrogen) atoms. The summed E-state index contributed by atoms with van der Waals surface area (Å²) in [4.78, 5) is 28.5. The van der Waals surface area contributed by atoms with Crippen LogP contribution in [0.1, 0.15) is 46.1 Å². The number of aliphatic carboxylic acids is 1. The Balaban J connectivity index is 1.80. The first-order valence-electron chi connectivity index (χ1n) is 9.67. The fourth-order valence-electron chi connectivity index (χ4n) is 3.44. The highest BCUT2D eigenvalue weighted by molar-refractivity contribution is 8.00. The Morgan fingerprint density at radius 3 is 2.26 bits per heavy atom. The Hall–Kier alpha value is -1.53. The Morgan fingerprint density at radius 1 is 1.19 bits per heavy atom. The van der Waals surface area contributed by atoms with Crippen molar-refractivity contribution in [2.75, 3.05) is 31.9 Å². The van der Waals surface area contributed by atoms with Crippen molar-refractivity contribution in [1.29, 1.82) is 0 Å². The molecule has 1 aliphatic heterocycles. The number of likely N-dealkylation sites (N-methyl/N-ethyl adjacent to an activating group) is 1. The van der Waals surface area contributed by atoms with E-state index in [1.54, 1.807) is 11.8 Å². The van der Waals surface area contributed by atoms with Crippen LogP contribution in [0.4, 0.5) is 0 Å². The first kappa shape index (κ1) is 21.8. The molecule has 0 bridgehead atoms. The van der Waals surface area contributed by atoms with Gasteiger partial charge in [-0.15, -0.1) is 11.8 Å². The molecule has 0 spiro atoms. The highest BCUT2D eigenvalue weighted by Gasteiger charge is 2.27. The van der Waals surface area contributed by atoms with Crippen LogP contribution in [0.3, 0.4) is 0 Å². The lowest BCUT2D eigenvalue weighted by Crippen LogP contribution is -2.48. The van der Waals surface area contributed by atoms with Crippen LogP contribution in [-0.2, 0) is 15.0 Å². The van der Waals surface area contributed by atoms with E-state index >= 15 is 0 Å². The molecule has 1 heterocycles. The van der Waals surface area contributed by atoms with Gasteiger partial charge in [-0.3, -0.25) is 14.5 Å². The number of carbonyl (C=O) groups is 2. The minimum absolute atomic E-state index is 0.0789. The first-order valence-corrected chi connectivity index (χ1v) is 10.7.